The van der Waals surface area contributed by atoms with E-state index in [1.807, 2.05) is 0 Å². The van der Waals surface area contributed by atoms with Crippen molar-refractivity contribution >= 4 is 0 Å². The minimum Gasteiger partial charge on any atom is -0.388 e. The molecule has 0 aromatic carbocycles. The minimum atomic E-state index is -0.938. The first kappa shape index (κ1) is 19.9. The van der Waals surface area contributed by atoms with Gasteiger partial charge in [-0.05, 0) is 6.42 Å². The summed E-state index contributed by atoms with van der Waals surface area (Å²) in [6.07, 6.45) is 14.9. The lowest BCUT2D eigenvalue weighted by Gasteiger charge is -2.07. The highest BCUT2D eigenvalue weighted by molar-refractivity contribution is 4.50. The summed E-state index contributed by atoms with van der Waals surface area (Å²) < 4.78 is 17.1. The zero-order valence-corrected chi connectivity index (χ0v) is 13.4. The zero-order valence-electron chi connectivity index (χ0n) is 13.4. The van der Waals surface area contributed by atoms with Crippen LogP contribution in [0, 0.1) is 0 Å². The van der Waals surface area contributed by atoms with Crippen LogP contribution in [0.15, 0.2) is 0 Å². The number of unbranched alkanes of at least 4 members (excludes halogenated alkanes) is 11. The molecule has 0 saturated heterocycles. The molecule has 3 heteroatoms. The first-order valence-corrected chi connectivity index (χ1v) is 8.63. The van der Waals surface area contributed by atoms with Crippen LogP contribution in [0.2, 0.25) is 0 Å². The summed E-state index contributed by atoms with van der Waals surface area (Å²) in [7, 11) is 0. The van der Waals surface area contributed by atoms with Crippen molar-refractivity contribution in [2.75, 3.05) is 19.9 Å². The third-order valence-electron chi connectivity index (χ3n) is 3.63. The second kappa shape index (κ2) is 16.9. The fraction of sp³-hybridized carbons (Fsp3) is 1.00. The summed E-state index contributed by atoms with van der Waals surface area (Å²) >= 11 is 0. The Labute approximate surface area is 125 Å². The van der Waals surface area contributed by atoms with Gasteiger partial charge in [0.2, 0.25) is 0 Å². The van der Waals surface area contributed by atoms with Crippen LogP contribution in [0.5, 0.6) is 0 Å². The maximum absolute atomic E-state index is 11.9. The van der Waals surface area contributed by atoms with Crippen molar-refractivity contribution in [2.24, 2.45) is 0 Å². The molecule has 0 radical (unpaired) electrons. The Kier molecular flexibility index (Phi) is 16.8. The van der Waals surface area contributed by atoms with E-state index in [-0.39, 0.29) is 6.61 Å². The molecule has 0 amide bonds. The van der Waals surface area contributed by atoms with Crippen molar-refractivity contribution in [1.82, 2.24) is 0 Å². The average molecular weight is 290 g/mol. The molecular formula is C17H35FO2. The molecule has 0 aromatic heterocycles. The van der Waals surface area contributed by atoms with E-state index >= 15 is 0 Å². The molecule has 0 aromatic rings. The Morgan fingerprint density at radius 2 is 1.25 bits per heavy atom. The van der Waals surface area contributed by atoms with Crippen LogP contribution in [0.3, 0.4) is 0 Å². The average Bonchev–Trinajstić information content (AvgIpc) is 2.47. The first-order valence-electron chi connectivity index (χ1n) is 8.63. The molecule has 0 heterocycles. The van der Waals surface area contributed by atoms with Crippen LogP contribution in [0.25, 0.3) is 0 Å². The molecule has 1 N–H and O–H groups in total. The van der Waals surface area contributed by atoms with Crippen LogP contribution in [0.1, 0.15) is 84.0 Å². The molecule has 0 aliphatic heterocycles. The Morgan fingerprint density at radius 1 is 0.800 bits per heavy atom. The van der Waals surface area contributed by atoms with Gasteiger partial charge in [-0.25, -0.2) is 4.39 Å². The Hall–Kier alpha value is -0.150. The largest absolute Gasteiger partial charge is 0.388 e. The summed E-state index contributed by atoms with van der Waals surface area (Å²) in [5.74, 6) is 0. The molecule has 1 unspecified atom stereocenters. The van der Waals surface area contributed by atoms with E-state index in [0.717, 1.165) is 6.42 Å². The van der Waals surface area contributed by atoms with Gasteiger partial charge in [0.1, 0.15) is 12.8 Å². The highest BCUT2D eigenvalue weighted by Crippen LogP contribution is 2.11. The molecule has 122 valence electrons. The van der Waals surface area contributed by atoms with Crippen molar-refractivity contribution in [1.29, 1.82) is 0 Å². The number of alkyl halides is 1. The van der Waals surface area contributed by atoms with Gasteiger partial charge in [-0.2, -0.15) is 0 Å². The highest BCUT2D eigenvalue weighted by Gasteiger charge is 2.01. The maximum Gasteiger partial charge on any atom is 0.118 e. The van der Waals surface area contributed by atoms with E-state index < -0.39 is 12.8 Å². The summed E-state index contributed by atoms with van der Waals surface area (Å²) in [4.78, 5) is 0. The lowest BCUT2D eigenvalue weighted by Crippen LogP contribution is -2.17. The maximum atomic E-state index is 11.9. The van der Waals surface area contributed by atoms with Crippen LogP contribution in [-0.4, -0.2) is 31.1 Å². The van der Waals surface area contributed by atoms with Crippen molar-refractivity contribution < 1.29 is 14.2 Å². The topological polar surface area (TPSA) is 29.5 Å². The Balaban J connectivity index is 2.96. The van der Waals surface area contributed by atoms with Crippen molar-refractivity contribution in [3.05, 3.63) is 0 Å². The summed E-state index contributed by atoms with van der Waals surface area (Å²) in [5.41, 5.74) is 0. The van der Waals surface area contributed by atoms with Gasteiger partial charge in [-0.15, -0.1) is 0 Å². The molecule has 2 nitrogen and oxygen atoms in total. The lowest BCUT2D eigenvalue weighted by molar-refractivity contribution is 0.0228. The fourth-order valence-electron chi connectivity index (χ4n) is 2.31. The molecule has 0 rings (SSSR count). The van der Waals surface area contributed by atoms with Crippen molar-refractivity contribution in [3.8, 4) is 0 Å². The second-order valence-electron chi connectivity index (χ2n) is 5.77. The molecule has 0 fully saturated rings. The van der Waals surface area contributed by atoms with Gasteiger partial charge < -0.3 is 9.84 Å². The lowest BCUT2D eigenvalue weighted by atomic mass is 10.1. The van der Waals surface area contributed by atoms with Gasteiger partial charge in [0.15, 0.2) is 0 Å². The third kappa shape index (κ3) is 15.9. The van der Waals surface area contributed by atoms with Gasteiger partial charge >= 0.3 is 0 Å². The third-order valence-corrected chi connectivity index (χ3v) is 3.63. The van der Waals surface area contributed by atoms with Crippen LogP contribution in [-0.2, 0) is 4.74 Å². The van der Waals surface area contributed by atoms with Crippen LogP contribution >= 0.6 is 0 Å². The van der Waals surface area contributed by atoms with E-state index in [0.29, 0.717) is 6.61 Å². The molecule has 0 bridgehead atoms. The number of ether oxygens (including phenoxy) is 1. The van der Waals surface area contributed by atoms with E-state index in [9.17, 15) is 4.39 Å². The van der Waals surface area contributed by atoms with Gasteiger partial charge in [-0.1, -0.05) is 77.6 Å². The number of aliphatic hydroxyl groups is 1. The van der Waals surface area contributed by atoms with Crippen molar-refractivity contribution in [3.63, 3.8) is 0 Å². The van der Waals surface area contributed by atoms with Crippen LogP contribution in [0.4, 0.5) is 4.39 Å². The van der Waals surface area contributed by atoms with E-state index in [2.05, 4.69) is 6.92 Å². The summed E-state index contributed by atoms with van der Waals surface area (Å²) in [6.45, 7) is 2.33. The normalized spacial score (nSPS) is 12.8. The number of aliphatic hydroxyl groups excluding tert-OH is 1. The highest BCUT2D eigenvalue weighted by atomic mass is 19.1. The number of halogens is 1. The van der Waals surface area contributed by atoms with E-state index in [1.54, 1.807) is 0 Å². The zero-order chi connectivity index (χ0) is 14.9. The summed E-state index contributed by atoms with van der Waals surface area (Å²) in [6, 6.07) is 0. The predicted molar refractivity (Wildman–Crippen MR) is 83.9 cm³/mol. The first-order chi connectivity index (χ1) is 9.81. The number of hydrogen-bond acceptors (Lipinski definition) is 2. The van der Waals surface area contributed by atoms with E-state index in [1.165, 1.54) is 70.6 Å². The fourth-order valence-corrected chi connectivity index (χ4v) is 2.31. The SMILES string of the molecule is CCCCCCCCCCCCCCOCC(O)CF. The molecule has 20 heavy (non-hydrogen) atoms. The van der Waals surface area contributed by atoms with Gasteiger partial charge in [0.25, 0.3) is 0 Å². The molecule has 1 atom stereocenters. The van der Waals surface area contributed by atoms with Crippen molar-refractivity contribution in [2.45, 2.75) is 90.1 Å². The molecule has 0 spiro atoms. The smallest absolute Gasteiger partial charge is 0.118 e. The standard InChI is InChI=1S/C17H35FO2/c1-2-3-4-5-6-7-8-9-10-11-12-13-14-20-16-17(19)15-18/h17,19H,2-16H2,1H3. The Morgan fingerprint density at radius 3 is 1.70 bits per heavy atom. The number of rotatable bonds is 16. The van der Waals surface area contributed by atoms with Gasteiger partial charge in [-0.3, -0.25) is 0 Å². The predicted octanol–water partition coefficient (Wildman–Crippen LogP) is 5.03. The molecular weight excluding hydrogens is 255 g/mol. The van der Waals surface area contributed by atoms with Crippen LogP contribution < -0.4 is 0 Å². The van der Waals surface area contributed by atoms with E-state index in [4.69, 9.17) is 9.84 Å². The van der Waals surface area contributed by atoms with Gasteiger partial charge in [0.05, 0.1) is 6.61 Å². The summed E-state index contributed by atoms with van der Waals surface area (Å²) in [5, 5.41) is 8.95. The second-order valence-corrected chi connectivity index (χ2v) is 5.77. The molecule has 0 aliphatic carbocycles. The monoisotopic (exact) mass is 290 g/mol. The number of hydrogen-bond donors (Lipinski definition) is 1. The minimum absolute atomic E-state index is 0.133. The van der Waals surface area contributed by atoms with Gasteiger partial charge in [0, 0.05) is 6.61 Å². The molecule has 0 saturated carbocycles. The molecule has 0 aliphatic rings. The Bertz CT molecular complexity index is 176. The quantitative estimate of drug-likeness (QED) is 0.404.